The SMILES string of the molecule is CC(C)NC(=O)O[C@H]1CC[C@@H](c2cc(NC(=O)Cc3ccc(CN4CCN(c5ccc6c(c5)C(=O)N(C5CCC(=O)NC5=O)C6=O)CC4)cc3)n[nH]2)C1. The van der Waals surface area contributed by atoms with Crippen molar-refractivity contribution in [3.05, 3.63) is 76.5 Å². The molecule has 6 amide bonds. The predicted molar refractivity (Wildman–Crippen MR) is 193 cm³/mol. The number of aromatic nitrogens is 2. The molecule has 53 heavy (non-hydrogen) atoms. The largest absolute Gasteiger partial charge is 0.446 e. The van der Waals surface area contributed by atoms with Crippen LogP contribution in [0.1, 0.15) is 89.4 Å². The van der Waals surface area contributed by atoms with Crippen molar-refractivity contribution in [2.45, 2.75) is 83.0 Å². The van der Waals surface area contributed by atoms with Gasteiger partial charge in [-0.15, -0.1) is 0 Å². The lowest BCUT2D eigenvalue weighted by atomic mass is 10.0. The van der Waals surface area contributed by atoms with E-state index in [9.17, 15) is 28.8 Å². The fraction of sp³-hybridized carbons (Fsp3) is 0.447. The number of alkyl carbamates (subject to hydrolysis) is 1. The maximum Gasteiger partial charge on any atom is 0.407 e. The molecule has 0 radical (unpaired) electrons. The van der Waals surface area contributed by atoms with E-state index in [1.807, 2.05) is 50.2 Å². The average Bonchev–Trinajstić information content (AvgIpc) is 3.84. The van der Waals surface area contributed by atoms with Crippen molar-refractivity contribution in [2.24, 2.45) is 0 Å². The van der Waals surface area contributed by atoms with Crippen LogP contribution >= 0.6 is 0 Å². The summed E-state index contributed by atoms with van der Waals surface area (Å²) in [5.74, 6) is -1.56. The van der Waals surface area contributed by atoms with Crippen LogP contribution in [0, 0.1) is 0 Å². The Morgan fingerprint density at radius 3 is 2.38 bits per heavy atom. The molecule has 4 aliphatic rings. The summed E-state index contributed by atoms with van der Waals surface area (Å²) in [6.45, 7) is 7.59. The molecule has 1 aromatic heterocycles. The van der Waals surface area contributed by atoms with E-state index in [0.29, 0.717) is 12.2 Å². The molecule has 278 valence electrons. The van der Waals surface area contributed by atoms with Gasteiger partial charge in [0.05, 0.1) is 17.5 Å². The zero-order valence-electron chi connectivity index (χ0n) is 29.9. The summed E-state index contributed by atoms with van der Waals surface area (Å²) >= 11 is 0. The number of anilines is 2. The maximum absolute atomic E-state index is 13.3. The molecule has 2 aromatic carbocycles. The number of H-pyrrole nitrogens is 1. The van der Waals surface area contributed by atoms with E-state index >= 15 is 0 Å². The molecule has 15 heteroatoms. The Morgan fingerprint density at radius 2 is 1.64 bits per heavy atom. The number of hydrogen-bond acceptors (Lipinski definition) is 10. The summed E-state index contributed by atoms with van der Waals surface area (Å²) in [6, 6.07) is 14.1. The standard InChI is InChI=1S/C38H44N8O7/c1-22(2)39-38(52)53-27-9-7-25(18-27)30-20-32(43-42-30)40-34(48)17-23-3-5-24(6-4-23)21-44-13-15-45(16-14-44)26-8-10-28-29(19-26)37(51)46(36(28)50)31-11-12-33(47)41-35(31)49/h3-6,8,10,19-20,22,25,27,31H,7,9,11-18,21H2,1-2H3,(H,39,52)(H,41,47,49)(H2,40,42,43,48)/t25-,27+,31?/m1/s1. The third kappa shape index (κ3) is 8.09. The Hall–Kier alpha value is -5.57. The second-order valence-electron chi connectivity index (χ2n) is 14.5. The van der Waals surface area contributed by atoms with Crippen LogP contribution in [-0.2, 0) is 32.1 Å². The van der Waals surface area contributed by atoms with Gasteiger partial charge in [-0.25, -0.2) is 4.79 Å². The molecular formula is C38H44N8O7. The lowest BCUT2D eigenvalue weighted by Gasteiger charge is -2.36. The van der Waals surface area contributed by atoms with Gasteiger partial charge >= 0.3 is 6.09 Å². The molecule has 7 rings (SSSR count). The zero-order chi connectivity index (χ0) is 37.2. The normalized spacial score (nSPS) is 21.9. The number of ether oxygens (including phenoxy) is 1. The van der Waals surface area contributed by atoms with Crippen molar-refractivity contribution in [1.29, 1.82) is 0 Å². The van der Waals surface area contributed by atoms with Crippen molar-refractivity contribution in [1.82, 2.24) is 30.6 Å². The number of carbonyl (C=O) groups is 6. The first-order valence-corrected chi connectivity index (χ1v) is 18.2. The molecule has 4 heterocycles. The molecule has 3 aromatic rings. The number of piperidine rings is 1. The number of amides is 6. The third-order valence-corrected chi connectivity index (χ3v) is 10.3. The second kappa shape index (κ2) is 15.2. The number of aromatic amines is 1. The number of benzene rings is 2. The highest BCUT2D eigenvalue weighted by molar-refractivity contribution is 6.23. The fourth-order valence-electron chi connectivity index (χ4n) is 7.57. The summed E-state index contributed by atoms with van der Waals surface area (Å²) < 4.78 is 5.53. The van der Waals surface area contributed by atoms with E-state index in [2.05, 4.69) is 35.9 Å². The highest BCUT2D eigenvalue weighted by Gasteiger charge is 2.45. The number of hydrogen-bond donors (Lipinski definition) is 4. The van der Waals surface area contributed by atoms with Crippen molar-refractivity contribution < 1.29 is 33.5 Å². The quantitative estimate of drug-likeness (QED) is 0.227. The van der Waals surface area contributed by atoms with E-state index < -0.39 is 35.8 Å². The maximum atomic E-state index is 13.3. The molecule has 3 aliphatic heterocycles. The first-order valence-electron chi connectivity index (χ1n) is 18.2. The predicted octanol–water partition coefficient (Wildman–Crippen LogP) is 3.09. The van der Waals surface area contributed by atoms with E-state index in [4.69, 9.17) is 4.74 Å². The van der Waals surface area contributed by atoms with E-state index in [0.717, 1.165) is 73.0 Å². The van der Waals surface area contributed by atoms with Crippen LogP contribution < -0.4 is 20.9 Å². The second-order valence-corrected chi connectivity index (χ2v) is 14.5. The molecule has 1 unspecified atom stereocenters. The van der Waals surface area contributed by atoms with Crippen molar-refractivity contribution in [2.75, 3.05) is 36.4 Å². The number of carbonyl (C=O) groups excluding carboxylic acids is 6. The van der Waals surface area contributed by atoms with Gasteiger partial charge in [-0.1, -0.05) is 24.3 Å². The Balaban J connectivity index is 0.856. The van der Waals surface area contributed by atoms with Crippen LogP contribution in [-0.4, -0.2) is 100.0 Å². The molecule has 4 N–H and O–H groups in total. The molecule has 15 nitrogen and oxygen atoms in total. The number of imide groups is 2. The van der Waals surface area contributed by atoms with Crippen molar-refractivity contribution in [3.63, 3.8) is 0 Å². The summed E-state index contributed by atoms with van der Waals surface area (Å²) in [5.41, 5.74) is 4.33. The van der Waals surface area contributed by atoms with Gasteiger partial charge in [0.2, 0.25) is 17.7 Å². The molecule has 3 fully saturated rings. The summed E-state index contributed by atoms with van der Waals surface area (Å²) in [6.07, 6.45) is 2.23. The fourth-order valence-corrected chi connectivity index (χ4v) is 7.57. The number of piperazine rings is 1. The summed E-state index contributed by atoms with van der Waals surface area (Å²) in [7, 11) is 0. The van der Waals surface area contributed by atoms with E-state index in [1.54, 1.807) is 12.1 Å². The van der Waals surface area contributed by atoms with E-state index in [-0.39, 0.29) is 54.4 Å². The van der Waals surface area contributed by atoms with Gasteiger partial charge in [0.1, 0.15) is 12.1 Å². The van der Waals surface area contributed by atoms with Crippen LogP contribution in [0.4, 0.5) is 16.3 Å². The highest BCUT2D eigenvalue weighted by atomic mass is 16.6. The molecule has 3 atom stereocenters. The van der Waals surface area contributed by atoms with Crippen LogP contribution in [0.5, 0.6) is 0 Å². The average molecular weight is 725 g/mol. The van der Waals surface area contributed by atoms with Gasteiger partial charge < -0.3 is 20.3 Å². The minimum absolute atomic E-state index is 0.0193. The van der Waals surface area contributed by atoms with Gasteiger partial charge in [-0.2, -0.15) is 5.10 Å². The topological polar surface area (TPSA) is 186 Å². The lowest BCUT2D eigenvalue weighted by Crippen LogP contribution is -2.54. The van der Waals surface area contributed by atoms with Gasteiger partial charge in [0.15, 0.2) is 5.82 Å². The van der Waals surface area contributed by atoms with Crippen molar-refractivity contribution >= 4 is 47.1 Å². The number of rotatable bonds is 10. The number of nitrogens with zero attached hydrogens (tertiary/aromatic N) is 4. The number of nitrogens with one attached hydrogen (secondary N) is 4. The zero-order valence-corrected chi connectivity index (χ0v) is 29.9. The first kappa shape index (κ1) is 35.8. The van der Waals surface area contributed by atoms with Gasteiger partial charge in [-0.3, -0.25) is 44.2 Å². The van der Waals surface area contributed by atoms with Gasteiger partial charge in [0.25, 0.3) is 11.8 Å². The molecule has 2 saturated heterocycles. The first-order chi connectivity index (χ1) is 25.5. The van der Waals surface area contributed by atoms with Crippen molar-refractivity contribution in [3.8, 4) is 0 Å². The molecular weight excluding hydrogens is 680 g/mol. The number of fused-ring (bicyclic) bond motifs is 1. The summed E-state index contributed by atoms with van der Waals surface area (Å²) in [4.78, 5) is 80.6. The Kier molecular flexibility index (Phi) is 10.3. The van der Waals surface area contributed by atoms with Crippen LogP contribution in [0.15, 0.2) is 48.5 Å². The van der Waals surface area contributed by atoms with Crippen LogP contribution in [0.3, 0.4) is 0 Å². The molecule has 1 saturated carbocycles. The van der Waals surface area contributed by atoms with Crippen LogP contribution in [0.2, 0.25) is 0 Å². The molecule has 0 bridgehead atoms. The lowest BCUT2D eigenvalue weighted by molar-refractivity contribution is -0.136. The molecule has 0 spiro atoms. The highest BCUT2D eigenvalue weighted by Crippen LogP contribution is 2.36. The monoisotopic (exact) mass is 724 g/mol. The van der Waals surface area contributed by atoms with Crippen LogP contribution in [0.25, 0.3) is 0 Å². The smallest absolute Gasteiger partial charge is 0.407 e. The molecule has 1 aliphatic carbocycles. The minimum atomic E-state index is -0.987. The third-order valence-electron chi connectivity index (χ3n) is 10.3. The minimum Gasteiger partial charge on any atom is -0.446 e. The Morgan fingerprint density at radius 1 is 0.906 bits per heavy atom. The Labute approximate surface area is 306 Å². The summed E-state index contributed by atoms with van der Waals surface area (Å²) in [5, 5.41) is 15.2. The van der Waals surface area contributed by atoms with E-state index in [1.165, 1.54) is 0 Å². The Bertz CT molecular complexity index is 1920. The van der Waals surface area contributed by atoms with Gasteiger partial charge in [0, 0.05) is 68.6 Å². The van der Waals surface area contributed by atoms with Gasteiger partial charge in [-0.05, 0) is 68.9 Å².